The van der Waals surface area contributed by atoms with E-state index in [1.165, 1.54) is 6.07 Å². The summed E-state index contributed by atoms with van der Waals surface area (Å²) >= 11 is 0. The lowest BCUT2D eigenvalue weighted by atomic mass is 10.2. The summed E-state index contributed by atoms with van der Waals surface area (Å²) < 4.78 is 27.5. The minimum Gasteiger partial charge on any atom is -0.427 e. The Labute approximate surface area is 77.2 Å². The second-order valence-corrected chi connectivity index (χ2v) is 2.36. The Morgan fingerprint density at radius 2 is 2.14 bits per heavy atom. The Balaban J connectivity index is 3.08. The van der Waals surface area contributed by atoms with E-state index in [2.05, 4.69) is 4.74 Å². The molecule has 0 radical (unpaired) electrons. The highest BCUT2D eigenvalue weighted by molar-refractivity contribution is 5.56. The van der Waals surface area contributed by atoms with Gasteiger partial charge in [0.25, 0.3) is 0 Å². The Morgan fingerprint density at radius 3 is 2.64 bits per heavy atom. The van der Waals surface area contributed by atoms with Crippen LogP contribution in [0.2, 0.25) is 0 Å². The Morgan fingerprint density at radius 1 is 1.50 bits per heavy atom. The van der Waals surface area contributed by atoms with E-state index in [0.717, 1.165) is 12.1 Å². The van der Waals surface area contributed by atoms with Crippen LogP contribution in [0.4, 0.5) is 20.2 Å². The number of nitrogens with zero attached hydrogens (tertiary/aromatic N) is 1. The van der Waals surface area contributed by atoms with Crippen LogP contribution in [0.15, 0.2) is 18.2 Å². The van der Waals surface area contributed by atoms with Gasteiger partial charge < -0.3 is 10.5 Å². The molecule has 0 bridgehead atoms. The van der Waals surface area contributed by atoms with Gasteiger partial charge in [-0.3, -0.25) is 10.1 Å². The molecule has 7 heteroatoms. The maximum Gasteiger partial charge on any atom is 0.387 e. The largest absolute Gasteiger partial charge is 0.427 e. The first-order valence-electron chi connectivity index (χ1n) is 3.49. The molecule has 0 saturated carbocycles. The first kappa shape index (κ1) is 10.2. The molecule has 1 rings (SSSR count). The van der Waals surface area contributed by atoms with Gasteiger partial charge in [0.15, 0.2) is 0 Å². The van der Waals surface area contributed by atoms with Crippen molar-refractivity contribution in [3.63, 3.8) is 0 Å². The number of hydrogen-bond acceptors (Lipinski definition) is 4. The smallest absolute Gasteiger partial charge is 0.387 e. The van der Waals surface area contributed by atoms with Crippen LogP contribution in [0.1, 0.15) is 0 Å². The predicted octanol–water partition coefficient (Wildman–Crippen LogP) is 1.78. The normalized spacial score (nSPS) is 10.2. The first-order valence-corrected chi connectivity index (χ1v) is 3.49. The average Bonchev–Trinajstić information content (AvgIpc) is 2.07. The van der Waals surface area contributed by atoms with Gasteiger partial charge in [0.05, 0.1) is 4.92 Å². The van der Waals surface area contributed by atoms with Gasteiger partial charge in [-0.25, -0.2) is 0 Å². The van der Waals surface area contributed by atoms with Crippen molar-refractivity contribution in [3.05, 3.63) is 28.3 Å². The first-order chi connectivity index (χ1) is 6.50. The fourth-order valence-corrected chi connectivity index (χ4v) is 0.873. The van der Waals surface area contributed by atoms with Gasteiger partial charge in [-0.15, -0.1) is 0 Å². The van der Waals surface area contributed by atoms with E-state index < -0.39 is 23.0 Å². The number of nitro groups is 1. The highest BCUT2D eigenvalue weighted by atomic mass is 19.3. The number of benzene rings is 1. The lowest BCUT2D eigenvalue weighted by Gasteiger charge is -2.04. The molecule has 2 N–H and O–H groups in total. The lowest BCUT2D eigenvalue weighted by molar-refractivity contribution is -0.386. The molecule has 0 amide bonds. The standard InChI is InChI=1S/C7H6F2N2O3/c8-7(9)14-6-2-1-4(10)3-5(6)11(12)13/h1-3,7H,10H2. The van der Waals surface area contributed by atoms with Crippen LogP contribution in [0, 0.1) is 10.1 Å². The zero-order chi connectivity index (χ0) is 10.7. The molecule has 0 unspecified atom stereocenters. The molecule has 0 aliphatic heterocycles. The highest BCUT2D eigenvalue weighted by Crippen LogP contribution is 2.29. The second-order valence-electron chi connectivity index (χ2n) is 2.36. The number of anilines is 1. The summed E-state index contributed by atoms with van der Waals surface area (Å²) in [5.41, 5.74) is 4.78. The van der Waals surface area contributed by atoms with Gasteiger partial charge in [-0.1, -0.05) is 0 Å². The number of nitrogen functional groups attached to an aromatic ring is 1. The molecule has 0 aromatic heterocycles. The maximum absolute atomic E-state index is 11.8. The van der Waals surface area contributed by atoms with E-state index in [1.54, 1.807) is 0 Å². The number of hydrogen-bond donors (Lipinski definition) is 1. The van der Waals surface area contributed by atoms with Crippen molar-refractivity contribution in [1.29, 1.82) is 0 Å². The number of alkyl halides is 2. The number of nitrogens with two attached hydrogens (primary N) is 1. The molecule has 0 heterocycles. The lowest BCUT2D eigenvalue weighted by Crippen LogP contribution is -2.04. The van der Waals surface area contributed by atoms with Crippen LogP contribution in [0.25, 0.3) is 0 Å². The van der Waals surface area contributed by atoms with E-state index in [0.29, 0.717) is 0 Å². The zero-order valence-corrected chi connectivity index (χ0v) is 6.81. The van der Waals surface area contributed by atoms with Gasteiger partial charge in [0.2, 0.25) is 5.75 Å². The quantitative estimate of drug-likeness (QED) is 0.462. The third-order valence-electron chi connectivity index (χ3n) is 1.40. The van der Waals surface area contributed by atoms with E-state index in [-0.39, 0.29) is 5.69 Å². The molecule has 76 valence electrons. The van der Waals surface area contributed by atoms with Crippen LogP contribution >= 0.6 is 0 Å². The van der Waals surface area contributed by atoms with E-state index in [4.69, 9.17) is 5.73 Å². The van der Waals surface area contributed by atoms with E-state index >= 15 is 0 Å². The molecule has 5 nitrogen and oxygen atoms in total. The predicted molar refractivity (Wildman–Crippen MR) is 44.1 cm³/mol. The summed E-state index contributed by atoms with van der Waals surface area (Å²) in [6.45, 7) is -3.10. The summed E-state index contributed by atoms with van der Waals surface area (Å²) in [6.07, 6.45) is 0. The van der Waals surface area contributed by atoms with Crippen molar-refractivity contribution >= 4 is 11.4 Å². The zero-order valence-electron chi connectivity index (χ0n) is 6.81. The highest BCUT2D eigenvalue weighted by Gasteiger charge is 2.18. The summed E-state index contributed by atoms with van der Waals surface area (Å²) in [5, 5.41) is 10.4. The summed E-state index contributed by atoms with van der Waals surface area (Å²) in [7, 11) is 0. The third-order valence-corrected chi connectivity index (χ3v) is 1.40. The SMILES string of the molecule is Nc1ccc(OC(F)F)c([N+](=O)[O-])c1. The number of ether oxygens (including phenoxy) is 1. The van der Waals surface area contributed by atoms with Gasteiger partial charge in [-0.05, 0) is 12.1 Å². The Kier molecular flexibility index (Phi) is 2.80. The Bertz CT molecular complexity index is 357. The third kappa shape index (κ3) is 2.28. The van der Waals surface area contributed by atoms with Crippen LogP contribution in [0.3, 0.4) is 0 Å². The molecule has 14 heavy (non-hydrogen) atoms. The second kappa shape index (κ2) is 3.86. The minimum atomic E-state index is -3.10. The molecule has 0 atom stereocenters. The van der Waals surface area contributed by atoms with Gasteiger partial charge in [-0.2, -0.15) is 8.78 Å². The van der Waals surface area contributed by atoms with E-state index in [1.807, 2.05) is 0 Å². The molecule has 1 aromatic carbocycles. The molecule has 0 aliphatic carbocycles. The van der Waals surface area contributed by atoms with Crippen molar-refractivity contribution in [3.8, 4) is 5.75 Å². The van der Waals surface area contributed by atoms with Crippen LogP contribution in [-0.4, -0.2) is 11.5 Å². The summed E-state index contributed by atoms with van der Waals surface area (Å²) in [6, 6.07) is 3.22. The molecular weight excluding hydrogens is 198 g/mol. The van der Waals surface area contributed by atoms with Gasteiger partial charge >= 0.3 is 12.3 Å². The van der Waals surface area contributed by atoms with Crippen molar-refractivity contribution in [1.82, 2.24) is 0 Å². The molecular formula is C7H6F2N2O3. The topological polar surface area (TPSA) is 78.4 Å². The van der Waals surface area contributed by atoms with Crippen molar-refractivity contribution in [2.24, 2.45) is 0 Å². The molecule has 0 fully saturated rings. The minimum absolute atomic E-state index is 0.110. The fourth-order valence-electron chi connectivity index (χ4n) is 0.873. The summed E-state index contributed by atoms with van der Waals surface area (Å²) in [5.74, 6) is -0.501. The fraction of sp³-hybridized carbons (Fsp3) is 0.143. The maximum atomic E-state index is 11.8. The van der Waals surface area contributed by atoms with Crippen molar-refractivity contribution in [2.45, 2.75) is 6.61 Å². The average molecular weight is 204 g/mol. The summed E-state index contributed by atoms with van der Waals surface area (Å²) in [4.78, 5) is 9.54. The molecule has 0 saturated heterocycles. The van der Waals surface area contributed by atoms with Crippen LogP contribution in [0.5, 0.6) is 5.75 Å². The Hall–Kier alpha value is -1.92. The van der Waals surface area contributed by atoms with Crippen molar-refractivity contribution < 1.29 is 18.4 Å². The number of rotatable bonds is 3. The number of halogens is 2. The van der Waals surface area contributed by atoms with Crippen LogP contribution < -0.4 is 10.5 Å². The molecule has 1 aromatic rings. The van der Waals surface area contributed by atoms with Crippen molar-refractivity contribution in [2.75, 3.05) is 5.73 Å². The van der Waals surface area contributed by atoms with Gasteiger partial charge in [0.1, 0.15) is 0 Å². The van der Waals surface area contributed by atoms with Crippen LogP contribution in [-0.2, 0) is 0 Å². The van der Waals surface area contributed by atoms with E-state index in [9.17, 15) is 18.9 Å². The molecule has 0 spiro atoms. The monoisotopic (exact) mass is 204 g/mol. The number of nitro benzene ring substituents is 1. The van der Waals surface area contributed by atoms with Gasteiger partial charge in [0, 0.05) is 11.8 Å². The molecule has 0 aliphatic rings.